The first-order valence-corrected chi connectivity index (χ1v) is 7.34. The summed E-state index contributed by atoms with van der Waals surface area (Å²) >= 11 is 0. The van der Waals surface area contributed by atoms with Crippen LogP contribution in [0.15, 0.2) is 6.20 Å². The number of hydrogen-bond donors (Lipinski definition) is 1. The fourth-order valence-corrected chi connectivity index (χ4v) is 2.89. The van der Waals surface area contributed by atoms with Crippen molar-refractivity contribution < 1.29 is 0 Å². The Morgan fingerprint density at radius 3 is 2.84 bits per heavy atom. The highest BCUT2D eigenvalue weighted by Crippen LogP contribution is 2.20. The van der Waals surface area contributed by atoms with E-state index in [0.717, 1.165) is 57.9 Å². The van der Waals surface area contributed by atoms with Gasteiger partial charge < -0.3 is 10.6 Å². The summed E-state index contributed by atoms with van der Waals surface area (Å²) in [7, 11) is 0. The molecule has 5 nitrogen and oxygen atoms in total. The van der Waals surface area contributed by atoms with Gasteiger partial charge in [-0.15, -0.1) is 0 Å². The van der Waals surface area contributed by atoms with Crippen molar-refractivity contribution in [3.8, 4) is 0 Å². The second kappa shape index (κ2) is 5.43. The van der Waals surface area contributed by atoms with Crippen molar-refractivity contribution in [2.24, 2.45) is 5.73 Å². The molecule has 104 valence electrons. The lowest BCUT2D eigenvalue weighted by atomic mass is 10.1. The molecule has 2 N–H and O–H groups in total. The summed E-state index contributed by atoms with van der Waals surface area (Å²) in [5.74, 6) is 0.899. The third kappa shape index (κ3) is 2.72. The van der Waals surface area contributed by atoms with Crippen LogP contribution in [0.2, 0.25) is 0 Å². The molecule has 1 aromatic rings. The molecule has 0 radical (unpaired) electrons. The molecule has 3 rings (SSSR count). The van der Waals surface area contributed by atoms with Gasteiger partial charge in [0, 0.05) is 50.4 Å². The Morgan fingerprint density at radius 2 is 2.11 bits per heavy atom. The quantitative estimate of drug-likeness (QED) is 0.852. The molecule has 0 spiro atoms. The highest BCUT2D eigenvalue weighted by Gasteiger charge is 2.21. The molecule has 5 heteroatoms. The van der Waals surface area contributed by atoms with Gasteiger partial charge in [-0.2, -0.15) is 0 Å². The summed E-state index contributed by atoms with van der Waals surface area (Å²) in [6.07, 6.45) is 5.16. The van der Waals surface area contributed by atoms with Gasteiger partial charge in [0.05, 0.1) is 5.69 Å². The lowest BCUT2D eigenvalue weighted by Crippen LogP contribution is -2.41. The van der Waals surface area contributed by atoms with Crippen LogP contribution in [0, 0.1) is 0 Å². The molecule has 2 aliphatic rings. The van der Waals surface area contributed by atoms with Gasteiger partial charge in [0.1, 0.15) is 0 Å². The highest BCUT2D eigenvalue weighted by atomic mass is 15.3. The minimum absolute atomic E-state index is 0.354. The number of fused-ring (bicyclic) bond motifs is 1. The fourth-order valence-electron chi connectivity index (χ4n) is 2.89. The highest BCUT2D eigenvalue weighted by molar-refractivity contribution is 5.34. The van der Waals surface area contributed by atoms with Crippen molar-refractivity contribution in [3.05, 3.63) is 17.5 Å². The SMILES string of the molecule is CCN1CCc2nc(N3CCC(N)CC3)ncc2C1. The molecule has 3 heterocycles. The first-order valence-electron chi connectivity index (χ1n) is 7.34. The third-order valence-electron chi connectivity index (χ3n) is 4.27. The van der Waals surface area contributed by atoms with Gasteiger partial charge in [-0.05, 0) is 19.4 Å². The predicted molar refractivity (Wildman–Crippen MR) is 76.1 cm³/mol. The maximum atomic E-state index is 5.94. The number of aromatic nitrogens is 2. The van der Waals surface area contributed by atoms with Crippen LogP contribution in [0.4, 0.5) is 5.95 Å². The van der Waals surface area contributed by atoms with Crippen molar-refractivity contribution in [2.75, 3.05) is 31.1 Å². The molecule has 2 aliphatic heterocycles. The number of anilines is 1. The Morgan fingerprint density at radius 1 is 1.32 bits per heavy atom. The van der Waals surface area contributed by atoms with E-state index in [1.54, 1.807) is 0 Å². The molecule has 1 fully saturated rings. The standard InChI is InChI=1S/C14H23N5/c1-2-18-6-5-13-11(10-18)9-16-14(17-13)19-7-3-12(15)4-8-19/h9,12H,2-8,10,15H2,1H3. The van der Waals surface area contributed by atoms with E-state index < -0.39 is 0 Å². The molecular formula is C14H23N5. The fraction of sp³-hybridized carbons (Fsp3) is 0.714. The second-order valence-corrected chi connectivity index (χ2v) is 5.59. The number of nitrogens with two attached hydrogens (primary N) is 1. The number of piperidine rings is 1. The molecule has 0 saturated carbocycles. The lowest BCUT2D eigenvalue weighted by molar-refractivity contribution is 0.265. The molecule has 1 aromatic heterocycles. The molecule has 0 aliphatic carbocycles. The van der Waals surface area contributed by atoms with Crippen LogP contribution >= 0.6 is 0 Å². The Bertz CT molecular complexity index is 439. The number of nitrogens with zero attached hydrogens (tertiary/aromatic N) is 4. The van der Waals surface area contributed by atoms with Gasteiger partial charge in [0.15, 0.2) is 0 Å². The zero-order chi connectivity index (χ0) is 13.2. The minimum Gasteiger partial charge on any atom is -0.341 e. The van der Waals surface area contributed by atoms with Crippen LogP contribution in [-0.2, 0) is 13.0 Å². The Labute approximate surface area is 114 Å². The number of likely N-dealkylation sites (N-methyl/N-ethyl adjacent to an activating group) is 1. The average Bonchev–Trinajstić information content (AvgIpc) is 2.47. The molecule has 19 heavy (non-hydrogen) atoms. The Kier molecular flexibility index (Phi) is 3.66. The first-order chi connectivity index (χ1) is 9.26. The van der Waals surface area contributed by atoms with Crippen molar-refractivity contribution in [2.45, 2.75) is 38.8 Å². The second-order valence-electron chi connectivity index (χ2n) is 5.59. The van der Waals surface area contributed by atoms with Crippen molar-refractivity contribution >= 4 is 5.95 Å². The van der Waals surface area contributed by atoms with Crippen molar-refractivity contribution in [1.82, 2.24) is 14.9 Å². The summed E-state index contributed by atoms with van der Waals surface area (Å²) in [6, 6.07) is 0.354. The van der Waals surface area contributed by atoms with Crippen LogP contribution in [-0.4, -0.2) is 47.1 Å². The largest absolute Gasteiger partial charge is 0.341 e. The van der Waals surface area contributed by atoms with Crippen LogP contribution in [0.1, 0.15) is 31.0 Å². The predicted octanol–water partition coefficient (Wildman–Crippen LogP) is 0.782. The summed E-state index contributed by atoms with van der Waals surface area (Å²) in [5.41, 5.74) is 8.48. The first kappa shape index (κ1) is 12.8. The lowest BCUT2D eigenvalue weighted by Gasteiger charge is -2.32. The zero-order valence-electron chi connectivity index (χ0n) is 11.7. The normalized spacial score (nSPS) is 21.5. The summed E-state index contributed by atoms with van der Waals surface area (Å²) < 4.78 is 0. The van der Waals surface area contributed by atoms with E-state index in [4.69, 9.17) is 10.7 Å². The van der Waals surface area contributed by atoms with Crippen LogP contribution in [0.5, 0.6) is 0 Å². The third-order valence-corrected chi connectivity index (χ3v) is 4.27. The maximum absolute atomic E-state index is 5.94. The van der Waals surface area contributed by atoms with Crippen LogP contribution < -0.4 is 10.6 Å². The maximum Gasteiger partial charge on any atom is 0.225 e. The minimum atomic E-state index is 0.354. The van der Waals surface area contributed by atoms with Crippen LogP contribution in [0.25, 0.3) is 0 Å². The van der Waals surface area contributed by atoms with E-state index in [1.165, 1.54) is 11.3 Å². The van der Waals surface area contributed by atoms with Gasteiger partial charge in [0.25, 0.3) is 0 Å². The monoisotopic (exact) mass is 261 g/mol. The van der Waals surface area contributed by atoms with E-state index in [2.05, 4.69) is 21.7 Å². The topological polar surface area (TPSA) is 58.3 Å². The van der Waals surface area contributed by atoms with Gasteiger partial charge in [-0.1, -0.05) is 6.92 Å². The number of hydrogen-bond acceptors (Lipinski definition) is 5. The van der Waals surface area contributed by atoms with Crippen molar-refractivity contribution in [1.29, 1.82) is 0 Å². The van der Waals surface area contributed by atoms with E-state index in [9.17, 15) is 0 Å². The molecule has 1 saturated heterocycles. The summed E-state index contributed by atoms with van der Waals surface area (Å²) in [4.78, 5) is 14.0. The number of rotatable bonds is 2. The summed E-state index contributed by atoms with van der Waals surface area (Å²) in [5, 5.41) is 0. The van der Waals surface area contributed by atoms with Gasteiger partial charge in [-0.3, -0.25) is 4.90 Å². The summed E-state index contributed by atoms with van der Waals surface area (Å²) in [6.45, 7) is 7.40. The molecule has 0 aromatic carbocycles. The molecule has 0 bridgehead atoms. The zero-order valence-corrected chi connectivity index (χ0v) is 11.7. The van der Waals surface area contributed by atoms with E-state index in [1.807, 2.05) is 6.20 Å². The van der Waals surface area contributed by atoms with E-state index in [0.29, 0.717) is 6.04 Å². The van der Waals surface area contributed by atoms with E-state index in [-0.39, 0.29) is 0 Å². The molecule has 0 atom stereocenters. The Balaban J connectivity index is 1.75. The smallest absolute Gasteiger partial charge is 0.225 e. The van der Waals surface area contributed by atoms with Gasteiger partial charge >= 0.3 is 0 Å². The van der Waals surface area contributed by atoms with Crippen molar-refractivity contribution in [3.63, 3.8) is 0 Å². The average molecular weight is 261 g/mol. The molecule has 0 unspecified atom stereocenters. The Hall–Kier alpha value is -1.20. The molecule has 0 amide bonds. The van der Waals surface area contributed by atoms with Crippen LogP contribution in [0.3, 0.4) is 0 Å². The van der Waals surface area contributed by atoms with Gasteiger partial charge in [-0.25, -0.2) is 9.97 Å². The molecular weight excluding hydrogens is 238 g/mol. The van der Waals surface area contributed by atoms with E-state index >= 15 is 0 Å². The van der Waals surface area contributed by atoms with Gasteiger partial charge in [0.2, 0.25) is 5.95 Å².